The molecule has 8 heteroatoms. The molecule has 0 radical (unpaired) electrons. The molecule has 3 aliphatic rings. The number of pyridine rings is 1. The summed E-state index contributed by atoms with van der Waals surface area (Å²) < 4.78 is 19.9. The first kappa shape index (κ1) is 19.9. The Morgan fingerprint density at radius 3 is 2.97 bits per heavy atom. The zero-order chi connectivity index (χ0) is 21.6. The number of hydrogen-bond donors (Lipinski definition) is 1. The molecular formula is C23H23FN4O3. The largest absolute Gasteiger partial charge is 0.396 e. The van der Waals surface area contributed by atoms with Gasteiger partial charge in [-0.05, 0) is 29.8 Å². The maximum atomic E-state index is 13.5. The van der Waals surface area contributed by atoms with E-state index in [2.05, 4.69) is 16.0 Å². The Balaban J connectivity index is 1.38. The third-order valence-corrected chi connectivity index (χ3v) is 6.80. The van der Waals surface area contributed by atoms with E-state index in [9.17, 15) is 19.6 Å². The average molecular weight is 422 g/mol. The molecule has 31 heavy (non-hydrogen) atoms. The van der Waals surface area contributed by atoms with E-state index in [1.807, 2.05) is 0 Å². The van der Waals surface area contributed by atoms with Crippen molar-refractivity contribution < 1.29 is 19.0 Å². The highest BCUT2D eigenvalue weighted by Crippen LogP contribution is 2.49. The number of rotatable bonds is 4. The fourth-order valence-electron chi connectivity index (χ4n) is 5.39. The first-order valence-electron chi connectivity index (χ1n) is 10.4. The number of fused-ring (bicyclic) bond motifs is 1. The summed E-state index contributed by atoms with van der Waals surface area (Å²) in [6.07, 6.45) is 1.59. The number of aliphatic hydroxyl groups excluding tert-OH is 1. The fourth-order valence-corrected chi connectivity index (χ4v) is 5.39. The minimum Gasteiger partial charge on any atom is -0.396 e. The lowest BCUT2D eigenvalue weighted by Crippen LogP contribution is -2.54. The minimum atomic E-state index is -0.585. The number of nitriles is 1. The van der Waals surface area contributed by atoms with E-state index in [0.29, 0.717) is 43.1 Å². The number of halogens is 1. The van der Waals surface area contributed by atoms with Gasteiger partial charge in [0.1, 0.15) is 17.2 Å². The topological polar surface area (TPSA) is 89.7 Å². The number of anilines is 1. The number of carbonyl (C=O) groups excluding carboxylic acids is 1. The Kier molecular flexibility index (Phi) is 4.88. The normalized spacial score (nSPS) is 29.0. The number of ether oxygens (including phenoxy) is 1. The third-order valence-electron chi connectivity index (χ3n) is 6.80. The molecule has 3 aliphatic heterocycles. The number of morpholine rings is 1. The number of nitrogens with zero attached hydrogens (tertiary/aromatic N) is 4. The van der Waals surface area contributed by atoms with Gasteiger partial charge in [0.15, 0.2) is 0 Å². The first-order chi connectivity index (χ1) is 15.0. The zero-order valence-electron chi connectivity index (χ0n) is 16.9. The Labute approximate surface area is 179 Å². The molecule has 1 N–H and O–H groups in total. The van der Waals surface area contributed by atoms with Gasteiger partial charge in [-0.15, -0.1) is 0 Å². The maximum Gasteiger partial charge on any atom is 0.227 e. The molecule has 3 saturated heterocycles. The van der Waals surface area contributed by atoms with Crippen molar-refractivity contribution >= 4 is 11.7 Å². The maximum absolute atomic E-state index is 13.5. The number of aliphatic hydroxyl groups is 1. The lowest BCUT2D eigenvalue weighted by molar-refractivity contribution is -0.132. The molecule has 1 spiro atoms. The van der Waals surface area contributed by atoms with Crippen LogP contribution in [0.4, 0.5) is 10.2 Å². The van der Waals surface area contributed by atoms with Crippen molar-refractivity contribution in [3.63, 3.8) is 0 Å². The van der Waals surface area contributed by atoms with Gasteiger partial charge < -0.3 is 19.6 Å². The molecule has 3 fully saturated rings. The molecule has 5 rings (SSSR count). The second-order valence-corrected chi connectivity index (χ2v) is 8.65. The summed E-state index contributed by atoms with van der Waals surface area (Å²) in [7, 11) is 0. The summed E-state index contributed by atoms with van der Waals surface area (Å²) in [4.78, 5) is 21.3. The minimum absolute atomic E-state index is 0.0114. The highest BCUT2D eigenvalue weighted by molar-refractivity contribution is 5.79. The molecule has 0 saturated carbocycles. The molecule has 0 aliphatic carbocycles. The highest BCUT2D eigenvalue weighted by Gasteiger charge is 2.63. The van der Waals surface area contributed by atoms with Gasteiger partial charge in [-0.25, -0.2) is 9.37 Å². The molecule has 2 aromatic rings. The SMILES string of the molecule is N#Cc1ccnc(N2C[C@H]3O[C@@]4(CN(C(=O)Cc5cccc(F)c5)C[C@@H]4[C@@H]3CO)C2)c1. The van der Waals surface area contributed by atoms with Crippen LogP contribution in [-0.2, 0) is 16.0 Å². The van der Waals surface area contributed by atoms with Gasteiger partial charge in [0.05, 0.1) is 37.2 Å². The van der Waals surface area contributed by atoms with E-state index in [1.165, 1.54) is 12.1 Å². The van der Waals surface area contributed by atoms with E-state index in [0.717, 1.165) is 0 Å². The lowest BCUT2D eigenvalue weighted by atomic mass is 9.83. The Hall–Kier alpha value is -3.02. The molecule has 160 valence electrons. The number of aromatic nitrogens is 1. The van der Waals surface area contributed by atoms with Crippen molar-refractivity contribution in [1.29, 1.82) is 5.26 Å². The van der Waals surface area contributed by atoms with Gasteiger partial charge in [0.2, 0.25) is 5.91 Å². The summed E-state index contributed by atoms with van der Waals surface area (Å²) in [6, 6.07) is 11.7. The molecule has 0 unspecified atom stereocenters. The van der Waals surface area contributed by atoms with Crippen molar-refractivity contribution in [2.45, 2.75) is 18.1 Å². The molecular weight excluding hydrogens is 399 g/mol. The third kappa shape index (κ3) is 3.44. The van der Waals surface area contributed by atoms with E-state index < -0.39 is 5.60 Å². The number of amides is 1. The van der Waals surface area contributed by atoms with Gasteiger partial charge in [0.25, 0.3) is 0 Å². The predicted molar refractivity (Wildman–Crippen MR) is 110 cm³/mol. The number of carbonyl (C=O) groups is 1. The Morgan fingerprint density at radius 2 is 2.19 bits per heavy atom. The molecule has 7 nitrogen and oxygen atoms in total. The molecule has 1 amide bonds. The number of likely N-dealkylation sites (tertiary alicyclic amines) is 1. The van der Waals surface area contributed by atoms with Crippen molar-refractivity contribution in [2.24, 2.45) is 11.8 Å². The summed E-state index contributed by atoms with van der Waals surface area (Å²) in [5.41, 5.74) is 0.591. The summed E-state index contributed by atoms with van der Waals surface area (Å²) in [6.45, 7) is 2.05. The van der Waals surface area contributed by atoms with Crippen LogP contribution in [0.3, 0.4) is 0 Å². The average Bonchev–Trinajstić information content (AvgIpc) is 3.21. The van der Waals surface area contributed by atoms with Gasteiger partial charge in [-0.1, -0.05) is 12.1 Å². The van der Waals surface area contributed by atoms with Crippen LogP contribution < -0.4 is 4.90 Å². The predicted octanol–water partition coefficient (Wildman–Crippen LogP) is 1.36. The lowest BCUT2D eigenvalue weighted by Gasteiger charge is -2.41. The van der Waals surface area contributed by atoms with Crippen LogP contribution in [0.2, 0.25) is 0 Å². The molecule has 2 bridgehead atoms. The van der Waals surface area contributed by atoms with Gasteiger partial charge in [-0.2, -0.15) is 5.26 Å². The van der Waals surface area contributed by atoms with Gasteiger partial charge in [-0.3, -0.25) is 4.79 Å². The Bertz CT molecular complexity index is 1060. The summed E-state index contributed by atoms with van der Waals surface area (Å²) in [5.74, 6) is 0.212. The van der Waals surface area contributed by atoms with Crippen LogP contribution in [0.15, 0.2) is 42.6 Å². The quantitative estimate of drug-likeness (QED) is 0.800. The molecule has 1 aromatic carbocycles. The molecule has 1 aromatic heterocycles. The van der Waals surface area contributed by atoms with Gasteiger partial charge >= 0.3 is 0 Å². The van der Waals surface area contributed by atoms with Crippen LogP contribution in [-0.4, -0.2) is 65.4 Å². The first-order valence-corrected chi connectivity index (χ1v) is 10.4. The summed E-state index contributed by atoms with van der Waals surface area (Å²) in [5, 5.41) is 19.3. The van der Waals surface area contributed by atoms with Crippen LogP contribution in [0.1, 0.15) is 11.1 Å². The van der Waals surface area contributed by atoms with Crippen LogP contribution >= 0.6 is 0 Å². The smallest absolute Gasteiger partial charge is 0.227 e. The van der Waals surface area contributed by atoms with Crippen molar-refractivity contribution in [2.75, 3.05) is 37.7 Å². The van der Waals surface area contributed by atoms with Crippen LogP contribution in [0.25, 0.3) is 0 Å². The highest BCUT2D eigenvalue weighted by atomic mass is 19.1. The van der Waals surface area contributed by atoms with Crippen molar-refractivity contribution in [1.82, 2.24) is 9.88 Å². The second kappa shape index (κ2) is 7.59. The van der Waals surface area contributed by atoms with Crippen molar-refractivity contribution in [3.8, 4) is 6.07 Å². The molecule has 4 atom stereocenters. The standard InChI is InChI=1S/C23H23FN4O3/c24-17-3-1-2-15(6-17)8-22(30)28-10-19-18(12-29)20-11-27(13-23(19,14-28)31-20)21-7-16(9-25)4-5-26-21/h1-7,18-20,29H,8,10-14H2/t18-,19+,20+,23+/m0/s1. The van der Waals surface area contributed by atoms with E-state index in [-0.39, 0.29) is 42.7 Å². The fraction of sp³-hybridized carbons (Fsp3) is 0.435. The number of hydrogen-bond acceptors (Lipinski definition) is 6. The van der Waals surface area contributed by atoms with E-state index in [1.54, 1.807) is 35.4 Å². The van der Waals surface area contributed by atoms with Crippen molar-refractivity contribution in [3.05, 3.63) is 59.5 Å². The van der Waals surface area contributed by atoms with Gasteiger partial charge in [0, 0.05) is 37.7 Å². The summed E-state index contributed by atoms with van der Waals surface area (Å²) >= 11 is 0. The van der Waals surface area contributed by atoms with Crippen LogP contribution in [0, 0.1) is 29.0 Å². The number of benzene rings is 1. The monoisotopic (exact) mass is 422 g/mol. The van der Waals surface area contributed by atoms with E-state index in [4.69, 9.17) is 4.74 Å². The Morgan fingerprint density at radius 1 is 1.32 bits per heavy atom. The van der Waals surface area contributed by atoms with E-state index >= 15 is 0 Å². The van der Waals surface area contributed by atoms with Crippen LogP contribution in [0.5, 0.6) is 0 Å². The molecule has 4 heterocycles. The second-order valence-electron chi connectivity index (χ2n) is 8.65. The zero-order valence-corrected chi connectivity index (χ0v) is 16.9.